The number of urea groups is 1. The van der Waals surface area contributed by atoms with Crippen molar-refractivity contribution in [2.75, 3.05) is 47.0 Å². The van der Waals surface area contributed by atoms with E-state index in [2.05, 4.69) is 11.8 Å². The van der Waals surface area contributed by atoms with E-state index in [1.165, 1.54) is 7.11 Å². The number of ether oxygens (including phenoxy) is 2. The van der Waals surface area contributed by atoms with Crippen LogP contribution >= 0.6 is 0 Å². The molecule has 30 heavy (non-hydrogen) atoms. The molecule has 0 aliphatic carbocycles. The second-order valence-corrected chi connectivity index (χ2v) is 8.01. The highest BCUT2D eigenvalue weighted by Gasteiger charge is 2.58. The number of carbonyl (C=O) groups excluding carboxylic acids is 3. The molecule has 0 radical (unpaired) electrons. The molecule has 1 spiro atoms. The van der Waals surface area contributed by atoms with Gasteiger partial charge in [-0.3, -0.25) is 19.4 Å². The Morgan fingerprint density at radius 2 is 1.80 bits per heavy atom. The van der Waals surface area contributed by atoms with Gasteiger partial charge in [-0.15, -0.1) is 0 Å². The molecule has 3 amide bonds. The van der Waals surface area contributed by atoms with Gasteiger partial charge in [0.1, 0.15) is 12.1 Å². The van der Waals surface area contributed by atoms with Gasteiger partial charge in [0.25, 0.3) is 5.91 Å². The van der Waals surface area contributed by atoms with Crippen LogP contribution in [0.1, 0.15) is 25.3 Å². The highest BCUT2D eigenvalue weighted by atomic mass is 16.5. The molecule has 1 atom stereocenters. The van der Waals surface area contributed by atoms with Crippen LogP contribution < -0.4 is 0 Å². The van der Waals surface area contributed by atoms with Gasteiger partial charge < -0.3 is 14.4 Å². The van der Waals surface area contributed by atoms with Gasteiger partial charge in [0, 0.05) is 32.8 Å². The van der Waals surface area contributed by atoms with E-state index in [4.69, 9.17) is 9.47 Å². The molecule has 3 rings (SSSR count). The topological polar surface area (TPSA) is 79.4 Å². The highest BCUT2D eigenvalue weighted by Crippen LogP contribution is 2.38. The molecule has 0 saturated carbocycles. The SMILES string of the molecule is COC[C@@H](C)N1CCC2(CC1)C(=O)N(CC(=O)OC)C(=O)N2CCc1ccccc1. The lowest BCUT2D eigenvalue weighted by molar-refractivity contribution is -0.146. The number of likely N-dealkylation sites (tertiary alicyclic amines) is 1. The van der Waals surface area contributed by atoms with Crippen LogP contribution in [0.25, 0.3) is 0 Å². The monoisotopic (exact) mass is 417 g/mol. The zero-order valence-corrected chi connectivity index (χ0v) is 18.0. The molecule has 0 aromatic heterocycles. The van der Waals surface area contributed by atoms with E-state index in [9.17, 15) is 14.4 Å². The fourth-order valence-electron chi connectivity index (χ4n) is 4.48. The number of methoxy groups -OCH3 is 2. The lowest BCUT2D eigenvalue weighted by Crippen LogP contribution is -2.58. The summed E-state index contributed by atoms with van der Waals surface area (Å²) in [6.07, 6.45) is 1.73. The van der Waals surface area contributed by atoms with E-state index in [-0.39, 0.29) is 18.5 Å². The van der Waals surface area contributed by atoms with E-state index in [1.54, 1.807) is 12.0 Å². The van der Waals surface area contributed by atoms with Crippen molar-refractivity contribution in [2.24, 2.45) is 0 Å². The molecule has 2 aliphatic heterocycles. The molecule has 2 fully saturated rings. The molecular weight excluding hydrogens is 386 g/mol. The van der Waals surface area contributed by atoms with Crippen molar-refractivity contribution < 1.29 is 23.9 Å². The van der Waals surface area contributed by atoms with Crippen molar-refractivity contribution >= 4 is 17.9 Å². The van der Waals surface area contributed by atoms with Crippen LogP contribution in [0.5, 0.6) is 0 Å². The summed E-state index contributed by atoms with van der Waals surface area (Å²) >= 11 is 0. The van der Waals surface area contributed by atoms with Crippen LogP contribution in [0.3, 0.4) is 0 Å². The summed E-state index contributed by atoms with van der Waals surface area (Å²) in [5, 5.41) is 0. The number of imide groups is 1. The van der Waals surface area contributed by atoms with E-state index >= 15 is 0 Å². The number of hydrogen-bond acceptors (Lipinski definition) is 6. The van der Waals surface area contributed by atoms with Gasteiger partial charge in [-0.05, 0) is 31.7 Å². The molecule has 8 nitrogen and oxygen atoms in total. The zero-order valence-electron chi connectivity index (χ0n) is 18.0. The third kappa shape index (κ3) is 4.34. The van der Waals surface area contributed by atoms with Gasteiger partial charge in [0.15, 0.2) is 0 Å². The summed E-state index contributed by atoms with van der Waals surface area (Å²) in [5.41, 5.74) is 0.203. The summed E-state index contributed by atoms with van der Waals surface area (Å²) in [5.74, 6) is -0.882. The van der Waals surface area contributed by atoms with E-state index in [0.29, 0.717) is 45.5 Å². The second-order valence-electron chi connectivity index (χ2n) is 8.01. The summed E-state index contributed by atoms with van der Waals surface area (Å²) in [6, 6.07) is 9.72. The fraction of sp³-hybridized carbons (Fsp3) is 0.591. The number of benzene rings is 1. The predicted octanol–water partition coefficient (Wildman–Crippen LogP) is 1.54. The minimum atomic E-state index is -0.900. The smallest absolute Gasteiger partial charge is 0.328 e. The lowest BCUT2D eigenvalue weighted by atomic mass is 9.85. The first kappa shape index (κ1) is 22.2. The number of nitrogens with zero attached hydrogens (tertiary/aromatic N) is 3. The van der Waals surface area contributed by atoms with Crippen LogP contribution in [0.15, 0.2) is 30.3 Å². The van der Waals surface area contributed by atoms with E-state index in [1.807, 2.05) is 30.3 Å². The third-order valence-corrected chi connectivity index (χ3v) is 6.26. The average Bonchev–Trinajstić information content (AvgIpc) is 2.94. The van der Waals surface area contributed by atoms with Crippen molar-refractivity contribution in [3.63, 3.8) is 0 Å². The fourth-order valence-corrected chi connectivity index (χ4v) is 4.48. The average molecular weight is 418 g/mol. The first-order valence-corrected chi connectivity index (χ1v) is 10.4. The van der Waals surface area contributed by atoms with Crippen molar-refractivity contribution in [1.29, 1.82) is 0 Å². The molecule has 8 heteroatoms. The molecule has 2 aliphatic rings. The normalized spacial score (nSPS) is 20.1. The van der Waals surface area contributed by atoms with Gasteiger partial charge in [0.2, 0.25) is 0 Å². The molecule has 0 unspecified atom stereocenters. The zero-order chi connectivity index (χ0) is 21.7. The number of piperidine rings is 1. The molecule has 164 valence electrons. The molecule has 0 bridgehead atoms. The number of rotatable bonds is 8. The van der Waals surface area contributed by atoms with Crippen molar-refractivity contribution in [3.05, 3.63) is 35.9 Å². The Balaban J connectivity index is 1.80. The second kappa shape index (κ2) is 9.57. The van der Waals surface area contributed by atoms with Crippen LogP contribution in [0, 0.1) is 0 Å². The number of esters is 1. The van der Waals surface area contributed by atoms with Crippen LogP contribution in [-0.2, 0) is 25.5 Å². The maximum Gasteiger partial charge on any atom is 0.328 e. The maximum atomic E-state index is 13.4. The first-order valence-electron chi connectivity index (χ1n) is 10.4. The Morgan fingerprint density at radius 3 is 2.40 bits per heavy atom. The minimum Gasteiger partial charge on any atom is -0.468 e. The van der Waals surface area contributed by atoms with Gasteiger partial charge >= 0.3 is 12.0 Å². The standard InChI is InChI=1S/C22H31N3O5/c1-17(16-29-2)23-13-10-22(11-14-23)20(27)24(15-19(26)30-3)21(28)25(22)12-9-18-7-5-4-6-8-18/h4-8,17H,9-16H2,1-3H3/t17-/m1/s1. The molecule has 2 heterocycles. The Labute approximate surface area is 177 Å². The van der Waals surface area contributed by atoms with E-state index < -0.39 is 17.5 Å². The summed E-state index contributed by atoms with van der Waals surface area (Å²) in [4.78, 5) is 43.4. The first-order chi connectivity index (χ1) is 14.4. The number of amides is 3. The van der Waals surface area contributed by atoms with Gasteiger partial charge in [-0.1, -0.05) is 30.3 Å². The minimum absolute atomic E-state index is 0.239. The predicted molar refractivity (Wildman–Crippen MR) is 111 cm³/mol. The van der Waals surface area contributed by atoms with E-state index in [0.717, 1.165) is 10.5 Å². The highest BCUT2D eigenvalue weighted by molar-refractivity contribution is 6.08. The Kier molecular flexibility index (Phi) is 7.10. The number of carbonyl (C=O) groups is 3. The Bertz CT molecular complexity index is 761. The quantitative estimate of drug-likeness (QED) is 0.472. The Hall–Kier alpha value is -2.45. The van der Waals surface area contributed by atoms with Crippen molar-refractivity contribution in [3.8, 4) is 0 Å². The molecule has 0 N–H and O–H groups in total. The van der Waals surface area contributed by atoms with Crippen molar-refractivity contribution in [1.82, 2.24) is 14.7 Å². The molecule has 2 saturated heterocycles. The largest absolute Gasteiger partial charge is 0.468 e. The van der Waals surface area contributed by atoms with Crippen molar-refractivity contribution in [2.45, 2.75) is 37.8 Å². The van der Waals surface area contributed by atoms with Crippen LogP contribution in [0.4, 0.5) is 4.79 Å². The lowest BCUT2D eigenvalue weighted by Gasteiger charge is -2.44. The number of hydrogen-bond donors (Lipinski definition) is 0. The maximum absolute atomic E-state index is 13.4. The molecule has 1 aromatic rings. The summed E-state index contributed by atoms with van der Waals surface area (Å²) in [7, 11) is 2.93. The van der Waals surface area contributed by atoms with Crippen LogP contribution in [-0.4, -0.2) is 91.2 Å². The summed E-state index contributed by atoms with van der Waals surface area (Å²) in [6.45, 7) is 4.18. The van der Waals surface area contributed by atoms with Gasteiger partial charge in [-0.2, -0.15) is 0 Å². The Morgan fingerprint density at radius 1 is 1.13 bits per heavy atom. The van der Waals surface area contributed by atoms with Gasteiger partial charge in [-0.25, -0.2) is 4.79 Å². The molecule has 1 aromatic carbocycles. The van der Waals surface area contributed by atoms with Crippen LogP contribution in [0.2, 0.25) is 0 Å². The van der Waals surface area contributed by atoms with Gasteiger partial charge in [0.05, 0.1) is 13.7 Å². The third-order valence-electron chi connectivity index (χ3n) is 6.26. The molecular formula is C22H31N3O5. The summed E-state index contributed by atoms with van der Waals surface area (Å²) < 4.78 is 9.96.